The number of anilines is 1. The number of hydrogen-bond acceptors (Lipinski definition) is 7. The SMILES string of the molecule is Cc1cc(-c2cnc(N)c(OCc3ccncc3OC3CCCCC3)n2)cc2c1CCN(C)C2. The molecule has 0 unspecified atom stereocenters. The zero-order chi connectivity index (χ0) is 23.5. The van der Waals surface area contributed by atoms with Crippen molar-refractivity contribution in [3.8, 4) is 22.9 Å². The molecule has 3 heterocycles. The van der Waals surface area contributed by atoms with Crippen molar-refractivity contribution < 1.29 is 9.47 Å². The van der Waals surface area contributed by atoms with E-state index in [4.69, 9.17) is 20.2 Å². The number of nitrogens with two attached hydrogens (primary N) is 1. The molecule has 5 rings (SSSR count). The number of hydrogen-bond donors (Lipinski definition) is 1. The molecule has 1 aliphatic heterocycles. The maximum Gasteiger partial charge on any atom is 0.258 e. The normalized spacial score (nSPS) is 16.8. The molecule has 2 aromatic heterocycles. The topological polar surface area (TPSA) is 86.4 Å². The molecule has 178 valence electrons. The zero-order valence-corrected chi connectivity index (χ0v) is 20.1. The van der Waals surface area contributed by atoms with E-state index in [0.29, 0.717) is 12.5 Å². The van der Waals surface area contributed by atoms with Crippen LogP contribution in [0.2, 0.25) is 0 Å². The van der Waals surface area contributed by atoms with Crippen LogP contribution < -0.4 is 15.2 Å². The Labute approximate surface area is 201 Å². The summed E-state index contributed by atoms with van der Waals surface area (Å²) in [5.41, 5.74) is 13.0. The number of likely N-dealkylation sites (N-methyl/N-ethyl adjacent to an activating group) is 1. The van der Waals surface area contributed by atoms with Gasteiger partial charge in [0.1, 0.15) is 12.4 Å². The van der Waals surface area contributed by atoms with Crippen LogP contribution in [0.15, 0.2) is 36.8 Å². The van der Waals surface area contributed by atoms with Gasteiger partial charge in [-0.05, 0) is 81.0 Å². The fourth-order valence-electron chi connectivity index (χ4n) is 4.98. The molecule has 34 heavy (non-hydrogen) atoms. The van der Waals surface area contributed by atoms with E-state index >= 15 is 0 Å². The summed E-state index contributed by atoms with van der Waals surface area (Å²) in [7, 11) is 2.16. The fraction of sp³-hybridized carbons (Fsp3) is 0.444. The van der Waals surface area contributed by atoms with E-state index < -0.39 is 0 Å². The first-order valence-corrected chi connectivity index (χ1v) is 12.2. The second-order valence-electron chi connectivity index (χ2n) is 9.51. The van der Waals surface area contributed by atoms with E-state index in [9.17, 15) is 0 Å². The first-order valence-electron chi connectivity index (χ1n) is 12.2. The van der Waals surface area contributed by atoms with Gasteiger partial charge in [0.25, 0.3) is 5.88 Å². The molecule has 1 aromatic carbocycles. The number of nitrogens with zero attached hydrogens (tertiary/aromatic N) is 4. The zero-order valence-electron chi connectivity index (χ0n) is 20.1. The monoisotopic (exact) mass is 459 g/mol. The summed E-state index contributed by atoms with van der Waals surface area (Å²) in [6, 6.07) is 6.34. The van der Waals surface area contributed by atoms with Gasteiger partial charge >= 0.3 is 0 Å². The van der Waals surface area contributed by atoms with Gasteiger partial charge in [0.2, 0.25) is 0 Å². The molecule has 3 aromatic rings. The van der Waals surface area contributed by atoms with Gasteiger partial charge in [-0.1, -0.05) is 6.42 Å². The van der Waals surface area contributed by atoms with Gasteiger partial charge < -0.3 is 20.1 Å². The lowest BCUT2D eigenvalue weighted by molar-refractivity contribution is 0.150. The molecule has 0 amide bonds. The van der Waals surface area contributed by atoms with Crippen LogP contribution in [0.3, 0.4) is 0 Å². The number of rotatable bonds is 6. The summed E-state index contributed by atoms with van der Waals surface area (Å²) in [6.07, 6.45) is 12.5. The molecule has 0 spiro atoms. The van der Waals surface area contributed by atoms with Gasteiger partial charge in [0, 0.05) is 30.4 Å². The van der Waals surface area contributed by atoms with Crippen molar-refractivity contribution in [1.29, 1.82) is 0 Å². The first kappa shape index (κ1) is 22.6. The highest BCUT2D eigenvalue weighted by Crippen LogP contribution is 2.31. The van der Waals surface area contributed by atoms with Crippen LogP contribution in [-0.4, -0.2) is 39.5 Å². The first-order chi connectivity index (χ1) is 16.6. The summed E-state index contributed by atoms with van der Waals surface area (Å²) in [5.74, 6) is 1.39. The van der Waals surface area contributed by atoms with E-state index in [-0.39, 0.29) is 11.9 Å². The number of ether oxygens (including phenoxy) is 2. The highest BCUT2D eigenvalue weighted by molar-refractivity contribution is 5.64. The average molecular weight is 460 g/mol. The second-order valence-corrected chi connectivity index (χ2v) is 9.51. The minimum atomic E-state index is 0.246. The van der Waals surface area contributed by atoms with Crippen LogP contribution in [0.5, 0.6) is 11.6 Å². The van der Waals surface area contributed by atoms with E-state index in [1.54, 1.807) is 18.6 Å². The van der Waals surface area contributed by atoms with Crippen molar-refractivity contribution in [1.82, 2.24) is 19.9 Å². The largest absolute Gasteiger partial charge is 0.488 e. The van der Waals surface area contributed by atoms with E-state index in [2.05, 4.69) is 41.0 Å². The summed E-state index contributed by atoms with van der Waals surface area (Å²) in [5, 5.41) is 0. The second kappa shape index (κ2) is 9.97. The Morgan fingerprint density at radius 2 is 2.00 bits per heavy atom. The predicted octanol–water partition coefficient (Wildman–Crippen LogP) is 4.71. The average Bonchev–Trinajstić information content (AvgIpc) is 2.84. The molecule has 2 aliphatic rings. The molecule has 2 N–H and O–H groups in total. The van der Waals surface area contributed by atoms with Crippen LogP contribution in [0.25, 0.3) is 11.3 Å². The third kappa shape index (κ3) is 4.99. The van der Waals surface area contributed by atoms with Crippen LogP contribution in [0.4, 0.5) is 5.82 Å². The summed E-state index contributed by atoms with van der Waals surface area (Å²) in [6.45, 7) is 4.50. The van der Waals surface area contributed by atoms with Crippen molar-refractivity contribution >= 4 is 5.82 Å². The Balaban J connectivity index is 1.35. The van der Waals surface area contributed by atoms with E-state index in [1.165, 1.54) is 36.0 Å². The Bertz CT molecular complexity index is 1160. The lowest BCUT2D eigenvalue weighted by Crippen LogP contribution is -2.27. The Hall–Kier alpha value is -3.19. The minimum Gasteiger partial charge on any atom is -0.488 e. The van der Waals surface area contributed by atoms with E-state index in [1.807, 2.05) is 6.07 Å². The lowest BCUT2D eigenvalue weighted by Gasteiger charge is -2.27. The molecule has 1 saturated carbocycles. The van der Waals surface area contributed by atoms with Crippen molar-refractivity contribution in [2.24, 2.45) is 0 Å². The molecular formula is C27H33N5O2. The summed E-state index contributed by atoms with van der Waals surface area (Å²) >= 11 is 0. The van der Waals surface area contributed by atoms with Crippen molar-refractivity contribution in [2.45, 2.75) is 64.7 Å². The molecule has 1 aliphatic carbocycles. The number of nitrogen functional groups attached to an aromatic ring is 1. The molecule has 0 radical (unpaired) electrons. The molecule has 7 nitrogen and oxygen atoms in total. The van der Waals surface area contributed by atoms with Crippen molar-refractivity contribution in [2.75, 3.05) is 19.3 Å². The molecule has 1 fully saturated rings. The quantitative estimate of drug-likeness (QED) is 0.571. The van der Waals surface area contributed by atoms with Crippen molar-refractivity contribution in [3.05, 3.63) is 59.0 Å². The van der Waals surface area contributed by atoms with Crippen LogP contribution in [0.1, 0.15) is 54.4 Å². The van der Waals surface area contributed by atoms with Gasteiger partial charge in [0.15, 0.2) is 5.82 Å². The highest BCUT2D eigenvalue weighted by Gasteiger charge is 2.19. The molecule has 7 heteroatoms. The summed E-state index contributed by atoms with van der Waals surface area (Å²) < 4.78 is 12.3. The molecule has 0 atom stereocenters. The lowest BCUT2D eigenvalue weighted by atomic mass is 9.92. The van der Waals surface area contributed by atoms with E-state index in [0.717, 1.165) is 54.9 Å². The Kier molecular flexibility index (Phi) is 6.63. The standard InChI is InChI=1S/C27H33N5O2/c1-18-12-20(13-21-16-32(2)11-9-23(18)21)24-14-30-26(28)27(31-24)33-17-19-8-10-29-15-25(19)34-22-6-4-3-5-7-22/h8,10,12-15,22H,3-7,9,11,16-17H2,1-2H3,(H2,28,30). The van der Waals surface area contributed by atoms with Gasteiger partial charge in [-0.25, -0.2) is 9.97 Å². The summed E-state index contributed by atoms with van der Waals surface area (Å²) in [4.78, 5) is 15.7. The third-order valence-corrected chi connectivity index (χ3v) is 6.89. The smallest absolute Gasteiger partial charge is 0.258 e. The van der Waals surface area contributed by atoms with Crippen molar-refractivity contribution in [3.63, 3.8) is 0 Å². The van der Waals surface area contributed by atoms with Gasteiger partial charge in [-0.3, -0.25) is 4.98 Å². The molecule has 0 bridgehead atoms. The van der Waals surface area contributed by atoms with Crippen LogP contribution >= 0.6 is 0 Å². The number of pyridine rings is 1. The van der Waals surface area contributed by atoms with Crippen LogP contribution in [-0.2, 0) is 19.6 Å². The van der Waals surface area contributed by atoms with Gasteiger partial charge in [-0.15, -0.1) is 0 Å². The van der Waals surface area contributed by atoms with Gasteiger partial charge in [-0.2, -0.15) is 0 Å². The van der Waals surface area contributed by atoms with Crippen LogP contribution in [0, 0.1) is 6.92 Å². The van der Waals surface area contributed by atoms with Gasteiger partial charge in [0.05, 0.1) is 24.2 Å². The minimum absolute atomic E-state index is 0.246. The molecule has 0 saturated heterocycles. The number of fused-ring (bicyclic) bond motifs is 1. The number of benzene rings is 1. The number of aryl methyl sites for hydroxylation is 1. The number of aromatic nitrogens is 3. The molecular weight excluding hydrogens is 426 g/mol. The Morgan fingerprint density at radius 1 is 1.15 bits per heavy atom. The predicted molar refractivity (Wildman–Crippen MR) is 133 cm³/mol. The Morgan fingerprint density at radius 3 is 2.85 bits per heavy atom. The maximum atomic E-state index is 6.26. The third-order valence-electron chi connectivity index (χ3n) is 6.89. The maximum absolute atomic E-state index is 6.26. The highest BCUT2D eigenvalue weighted by atomic mass is 16.5. The fourth-order valence-corrected chi connectivity index (χ4v) is 4.98.